The van der Waals surface area contributed by atoms with Gasteiger partial charge in [-0.1, -0.05) is 6.92 Å². The van der Waals surface area contributed by atoms with Crippen molar-refractivity contribution in [2.45, 2.75) is 32.1 Å². The Hall–Kier alpha value is -0.570. The minimum absolute atomic E-state index is 0.0103. The second kappa shape index (κ2) is 3.54. The quantitative estimate of drug-likeness (QED) is 0.721. The zero-order chi connectivity index (χ0) is 11.1. The Morgan fingerprint density at radius 1 is 1.57 bits per heavy atom. The lowest BCUT2D eigenvalue weighted by Gasteiger charge is -2.28. The van der Waals surface area contributed by atoms with Crippen molar-refractivity contribution in [2.24, 2.45) is 17.8 Å². The fraction of sp³-hybridized carbons (Fsp3) is 0.800. The molecule has 0 aromatic rings. The molecule has 14 heavy (non-hydrogen) atoms. The van der Waals surface area contributed by atoms with E-state index in [1.54, 1.807) is 20.8 Å². The number of carboxylic acid groups (broad SMARTS) is 1. The van der Waals surface area contributed by atoms with Crippen LogP contribution in [0.4, 0.5) is 0 Å². The molecule has 80 valence electrons. The lowest BCUT2D eigenvalue weighted by Crippen LogP contribution is -2.34. The van der Waals surface area contributed by atoms with Crippen molar-refractivity contribution in [3.8, 4) is 0 Å². The Kier molecular flexibility index (Phi) is 2.91. The molecule has 1 aliphatic rings. The summed E-state index contributed by atoms with van der Waals surface area (Å²) in [5.41, 5.74) is 0. The molecule has 0 aromatic heterocycles. The van der Waals surface area contributed by atoms with E-state index in [-0.39, 0.29) is 18.1 Å². The van der Waals surface area contributed by atoms with E-state index in [1.165, 1.54) is 0 Å². The van der Waals surface area contributed by atoms with Crippen molar-refractivity contribution in [1.29, 1.82) is 0 Å². The molecule has 0 aromatic carbocycles. The highest BCUT2D eigenvalue weighted by atomic mass is 35.5. The number of carbonyl (C=O) groups excluding carboxylic acids is 1. The van der Waals surface area contributed by atoms with Crippen molar-refractivity contribution in [3.63, 3.8) is 0 Å². The molecule has 3 atom stereocenters. The molecule has 1 aliphatic carbocycles. The van der Waals surface area contributed by atoms with Gasteiger partial charge >= 0.3 is 5.97 Å². The molecule has 0 unspecified atom stereocenters. The van der Waals surface area contributed by atoms with Crippen LogP contribution in [-0.2, 0) is 9.59 Å². The summed E-state index contributed by atoms with van der Waals surface area (Å²) in [6.45, 7) is 5.20. The normalized spacial score (nSPS) is 33.4. The van der Waals surface area contributed by atoms with Gasteiger partial charge in [-0.25, -0.2) is 0 Å². The van der Waals surface area contributed by atoms with Gasteiger partial charge in [0.25, 0.3) is 0 Å². The number of alkyl halides is 1. The van der Waals surface area contributed by atoms with Gasteiger partial charge in [-0.15, -0.1) is 11.6 Å². The average Bonchev–Trinajstić information content (AvgIpc) is 2.27. The highest BCUT2D eigenvalue weighted by Gasteiger charge is 2.49. The van der Waals surface area contributed by atoms with Gasteiger partial charge in [0.15, 0.2) is 0 Å². The number of carboxylic acids is 1. The monoisotopic (exact) mass is 218 g/mol. The van der Waals surface area contributed by atoms with E-state index in [9.17, 15) is 9.59 Å². The third-order valence-corrected chi connectivity index (χ3v) is 3.35. The van der Waals surface area contributed by atoms with Gasteiger partial charge in [0, 0.05) is 17.2 Å². The van der Waals surface area contributed by atoms with Crippen molar-refractivity contribution in [2.75, 3.05) is 0 Å². The number of Topliss-reactive ketones (excluding diaryl/α,β-unsaturated/α-hetero) is 1. The molecule has 0 amide bonds. The van der Waals surface area contributed by atoms with Gasteiger partial charge < -0.3 is 5.11 Å². The molecule has 0 aliphatic heterocycles. The molecule has 0 bridgehead atoms. The van der Waals surface area contributed by atoms with Crippen molar-refractivity contribution < 1.29 is 14.7 Å². The maximum absolute atomic E-state index is 11.4. The fourth-order valence-corrected chi connectivity index (χ4v) is 2.35. The summed E-state index contributed by atoms with van der Waals surface area (Å²) in [4.78, 5) is 21.8. The molecule has 3 nitrogen and oxygen atoms in total. The van der Waals surface area contributed by atoms with E-state index in [0.717, 1.165) is 0 Å². The molecule has 1 fully saturated rings. The minimum atomic E-state index is -0.915. The van der Waals surface area contributed by atoms with Crippen LogP contribution in [0.1, 0.15) is 27.2 Å². The molecule has 0 spiro atoms. The van der Waals surface area contributed by atoms with Gasteiger partial charge in [-0.3, -0.25) is 9.59 Å². The highest BCUT2D eigenvalue weighted by Crippen LogP contribution is 2.43. The van der Waals surface area contributed by atoms with Crippen molar-refractivity contribution >= 4 is 23.4 Å². The van der Waals surface area contributed by atoms with E-state index in [1.807, 2.05) is 0 Å². The number of rotatable bonds is 2. The Balaban J connectivity index is 2.97. The maximum atomic E-state index is 11.4. The average molecular weight is 219 g/mol. The molecular weight excluding hydrogens is 204 g/mol. The minimum Gasteiger partial charge on any atom is -0.481 e. The lowest BCUT2D eigenvalue weighted by atomic mass is 9.82. The largest absolute Gasteiger partial charge is 0.481 e. The van der Waals surface area contributed by atoms with Crippen LogP contribution in [-0.4, -0.2) is 21.7 Å². The van der Waals surface area contributed by atoms with Crippen LogP contribution in [0.25, 0.3) is 0 Å². The lowest BCUT2D eigenvalue weighted by molar-refractivity contribution is -0.145. The predicted molar refractivity (Wildman–Crippen MR) is 53.3 cm³/mol. The van der Waals surface area contributed by atoms with Crippen molar-refractivity contribution in [1.82, 2.24) is 0 Å². The number of hydrogen-bond acceptors (Lipinski definition) is 2. The molecule has 4 heteroatoms. The summed E-state index contributed by atoms with van der Waals surface area (Å²) in [6, 6.07) is 0. The van der Waals surface area contributed by atoms with Gasteiger partial charge in [0.2, 0.25) is 0 Å². The SMILES string of the molecule is C[C@H]1C(=O)C[C@@H](C(C)(C)Cl)[C@@H]1C(=O)O. The van der Waals surface area contributed by atoms with Crippen LogP contribution in [0.2, 0.25) is 0 Å². The summed E-state index contributed by atoms with van der Waals surface area (Å²) >= 11 is 6.09. The number of ketones is 1. The smallest absolute Gasteiger partial charge is 0.307 e. The first-order valence-electron chi connectivity index (χ1n) is 4.69. The van der Waals surface area contributed by atoms with Crippen LogP contribution in [0.3, 0.4) is 0 Å². The van der Waals surface area contributed by atoms with E-state index in [4.69, 9.17) is 16.7 Å². The van der Waals surface area contributed by atoms with Crippen LogP contribution < -0.4 is 0 Å². The first kappa shape index (κ1) is 11.5. The van der Waals surface area contributed by atoms with Gasteiger partial charge in [0.05, 0.1) is 5.92 Å². The molecule has 1 rings (SSSR count). The van der Waals surface area contributed by atoms with E-state index in [0.29, 0.717) is 0 Å². The zero-order valence-electron chi connectivity index (χ0n) is 8.58. The van der Waals surface area contributed by atoms with Gasteiger partial charge in [0.1, 0.15) is 5.78 Å². The summed E-state index contributed by atoms with van der Waals surface area (Å²) in [5.74, 6) is -2.20. The van der Waals surface area contributed by atoms with E-state index < -0.39 is 22.7 Å². The highest BCUT2D eigenvalue weighted by molar-refractivity contribution is 6.24. The van der Waals surface area contributed by atoms with Gasteiger partial charge in [-0.05, 0) is 19.8 Å². The third kappa shape index (κ3) is 1.92. The first-order chi connectivity index (χ1) is 6.25. The molecular formula is C10H15ClO3. The van der Waals surface area contributed by atoms with Crippen LogP contribution >= 0.6 is 11.6 Å². The second-order valence-corrected chi connectivity index (χ2v) is 5.47. The van der Waals surface area contributed by atoms with E-state index >= 15 is 0 Å². The number of carbonyl (C=O) groups is 2. The predicted octanol–water partition coefficient (Wildman–Crippen LogP) is 1.93. The maximum Gasteiger partial charge on any atom is 0.307 e. The van der Waals surface area contributed by atoms with Crippen LogP contribution in [0.5, 0.6) is 0 Å². The Morgan fingerprint density at radius 2 is 2.07 bits per heavy atom. The number of hydrogen-bond donors (Lipinski definition) is 1. The summed E-state index contributed by atoms with van der Waals surface area (Å²) in [7, 11) is 0. The fourth-order valence-electron chi connectivity index (χ4n) is 2.13. The first-order valence-corrected chi connectivity index (χ1v) is 5.07. The Bertz CT molecular complexity index is 267. The molecule has 1 N–H and O–H groups in total. The van der Waals surface area contributed by atoms with Crippen LogP contribution in [0, 0.1) is 17.8 Å². The molecule has 0 heterocycles. The summed E-state index contributed by atoms with van der Waals surface area (Å²) < 4.78 is 0. The Morgan fingerprint density at radius 3 is 2.36 bits per heavy atom. The number of aliphatic carboxylic acids is 1. The van der Waals surface area contributed by atoms with Crippen LogP contribution in [0.15, 0.2) is 0 Å². The van der Waals surface area contributed by atoms with Crippen molar-refractivity contribution in [3.05, 3.63) is 0 Å². The molecule has 0 saturated heterocycles. The molecule has 1 saturated carbocycles. The molecule has 0 radical (unpaired) electrons. The van der Waals surface area contributed by atoms with E-state index in [2.05, 4.69) is 0 Å². The summed E-state index contributed by atoms with van der Waals surface area (Å²) in [6.07, 6.45) is 0.286. The zero-order valence-corrected chi connectivity index (χ0v) is 9.34. The standard InChI is InChI=1S/C10H15ClO3/c1-5-7(12)4-6(10(2,3)11)8(5)9(13)14/h5-6,8H,4H2,1-3H3,(H,13,14)/t5-,6+,8+/m0/s1. The number of halogens is 1. The summed E-state index contributed by atoms with van der Waals surface area (Å²) in [5, 5.41) is 9.02. The topological polar surface area (TPSA) is 54.4 Å². The third-order valence-electron chi connectivity index (χ3n) is 3.07. The second-order valence-electron chi connectivity index (χ2n) is 4.49. The van der Waals surface area contributed by atoms with Gasteiger partial charge in [-0.2, -0.15) is 0 Å². The Labute approximate surface area is 88.4 Å².